The fraction of sp³-hybridized carbons (Fsp3) is 0.333. The standard InChI is InChI=1S/C27H29N3O3/c1-28-26(32)30(15-12-21-7-3-2-4-8-21)25(31)27(28)13-16-29(17-14-27)20-22-9-5-10-23(19-22)24-11-6-18-33-24/h2-11,18-19H,12-17,20H2,1H3. The highest BCUT2D eigenvalue weighted by atomic mass is 16.3. The maximum absolute atomic E-state index is 13.4. The maximum Gasteiger partial charge on any atom is 0.327 e. The number of nitrogens with zero attached hydrogens (tertiary/aromatic N) is 3. The third-order valence-corrected chi connectivity index (χ3v) is 7.09. The molecule has 6 heteroatoms. The molecule has 0 aliphatic carbocycles. The van der Waals surface area contributed by atoms with Gasteiger partial charge in [0.15, 0.2) is 0 Å². The van der Waals surface area contributed by atoms with Crippen molar-refractivity contribution in [2.24, 2.45) is 0 Å². The molecule has 2 aromatic carbocycles. The van der Waals surface area contributed by atoms with Gasteiger partial charge in [-0.15, -0.1) is 0 Å². The second-order valence-corrected chi connectivity index (χ2v) is 9.02. The normalized spacial score (nSPS) is 18.5. The van der Waals surface area contributed by atoms with Crippen LogP contribution in [0.15, 0.2) is 77.4 Å². The summed E-state index contributed by atoms with van der Waals surface area (Å²) in [6.07, 6.45) is 3.69. The molecule has 0 unspecified atom stereocenters. The minimum absolute atomic E-state index is 0.0367. The van der Waals surface area contributed by atoms with Gasteiger partial charge in [0.2, 0.25) is 0 Å². The minimum Gasteiger partial charge on any atom is -0.464 e. The number of carbonyl (C=O) groups is 2. The van der Waals surface area contributed by atoms with E-state index in [2.05, 4.69) is 29.2 Å². The number of amides is 3. The quantitative estimate of drug-likeness (QED) is 0.530. The number of likely N-dealkylation sites (N-methyl/N-ethyl adjacent to an activating group) is 1. The summed E-state index contributed by atoms with van der Waals surface area (Å²) in [5, 5.41) is 0. The van der Waals surface area contributed by atoms with Crippen molar-refractivity contribution in [1.29, 1.82) is 0 Å². The highest BCUT2D eigenvalue weighted by molar-refractivity contribution is 6.07. The molecular formula is C27H29N3O3. The first-order valence-electron chi connectivity index (χ1n) is 11.6. The van der Waals surface area contributed by atoms with E-state index in [4.69, 9.17) is 4.42 Å². The molecule has 3 heterocycles. The van der Waals surface area contributed by atoms with Gasteiger partial charge in [-0.1, -0.05) is 48.5 Å². The lowest BCUT2D eigenvalue weighted by Crippen LogP contribution is -2.55. The summed E-state index contributed by atoms with van der Waals surface area (Å²) in [5.41, 5.74) is 2.71. The number of furan rings is 1. The number of carbonyl (C=O) groups excluding carboxylic acids is 2. The van der Waals surface area contributed by atoms with Crippen molar-refractivity contribution in [2.75, 3.05) is 26.7 Å². The largest absolute Gasteiger partial charge is 0.464 e. The van der Waals surface area contributed by atoms with Gasteiger partial charge in [-0.05, 0) is 48.6 Å². The van der Waals surface area contributed by atoms with E-state index in [1.807, 2.05) is 42.5 Å². The van der Waals surface area contributed by atoms with Crippen molar-refractivity contribution in [3.05, 3.63) is 84.1 Å². The lowest BCUT2D eigenvalue weighted by Gasteiger charge is -2.40. The Morgan fingerprint density at radius 3 is 2.39 bits per heavy atom. The number of hydrogen-bond donors (Lipinski definition) is 0. The molecule has 0 radical (unpaired) electrons. The molecule has 1 spiro atoms. The van der Waals surface area contributed by atoms with E-state index < -0.39 is 5.54 Å². The topological polar surface area (TPSA) is 57.0 Å². The van der Waals surface area contributed by atoms with Crippen LogP contribution in [-0.2, 0) is 17.8 Å². The van der Waals surface area contributed by atoms with E-state index in [-0.39, 0.29) is 11.9 Å². The van der Waals surface area contributed by atoms with E-state index >= 15 is 0 Å². The lowest BCUT2D eigenvalue weighted by atomic mass is 9.86. The zero-order valence-electron chi connectivity index (χ0n) is 18.9. The fourth-order valence-corrected chi connectivity index (χ4v) is 5.08. The van der Waals surface area contributed by atoms with Crippen LogP contribution in [0.2, 0.25) is 0 Å². The van der Waals surface area contributed by atoms with Crippen molar-refractivity contribution in [3.63, 3.8) is 0 Å². The molecule has 2 saturated heterocycles. The Labute approximate surface area is 194 Å². The van der Waals surface area contributed by atoms with E-state index in [0.29, 0.717) is 25.8 Å². The number of rotatable bonds is 6. The van der Waals surface area contributed by atoms with E-state index in [0.717, 1.165) is 36.5 Å². The molecule has 2 fully saturated rings. The molecule has 2 aliphatic rings. The maximum atomic E-state index is 13.4. The van der Waals surface area contributed by atoms with Crippen LogP contribution < -0.4 is 0 Å². The van der Waals surface area contributed by atoms with Crippen LogP contribution in [-0.4, -0.2) is 58.9 Å². The van der Waals surface area contributed by atoms with Gasteiger partial charge in [0, 0.05) is 38.8 Å². The van der Waals surface area contributed by atoms with Gasteiger partial charge >= 0.3 is 6.03 Å². The molecular weight excluding hydrogens is 414 g/mol. The Bertz CT molecular complexity index is 1120. The van der Waals surface area contributed by atoms with Crippen molar-refractivity contribution < 1.29 is 14.0 Å². The van der Waals surface area contributed by atoms with Crippen molar-refractivity contribution in [1.82, 2.24) is 14.7 Å². The Morgan fingerprint density at radius 2 is 1.67 bits per heavy atom. The molecule has 5 rings (SSSR count). The highest BCUT2D eigenvalue weighted by Crippen LogP contribution is 2.36. The second kappa shape index (κ2) is 8.87. The molecule has 0 bridgehead atoms. The number of piperidine rings is 1. The molecule has 6 nitrogen and oxygen atoms in total. The summed E-state index contributed by atoms with van der Waals surface area (Å²) in [7, 11) is 1.78. The Balaban J connectivity index is 1.23. The molecule has 170 valence electrons. The fourth-order valence-electron chi connectivity index (χ4n) is 5.08. The Kier molecular flexibility index (Phi) is 5.77. The Morgan fingerprint density at radius 1 is 0.909 bits per heavy atom. The van der Waals surface area contributed by atoms with Gasteiger partial charge < -0.3 is 9.32 Å². The molecule has 1 aromatic heterocycles. The van der Waals surface area contributed by atoms with Crippen LogP contribution in [0.25, 0.3) is 11.3 Å². The van der Waals surface area contributed by atoms with Gasteiger partial charge in [0.05, 0.1) is 6.26 Å². The monoisotopic (exact) mass is 443 g/mol. The van der Waals surface area contributed by atoms with Crippen molar-refractivity contribution in [2.45, 2.75) is 31.3 Å². The molecule has 0 N–H and O–H groups in total. The molecule has 0 saturated carbocycles. The van der Waals surface area contributed by atoms with Crippen LogP contribution in [0.1, 0.15) is 24.0 Å². The first kappa shape index (κ1) is 21.5. The third-order valence-electron chi connectivity index (χ3n) is 7.09. The van der Waals surface area contributed by atoms with Crippen LogP contribution in [0.3, 0.4) is 0 Å². The van der Waals surface area contributed by atoms with Gasteiger partial charge in [0.1, 0.15) is 11.3 Å². The number of benzene rings is 2. The number of imide groups is 1. The zero-order chi connectivity index (χ0) is 22.8. The number of likely N-dealkylation sites (tertiary alicyclic amines) is 1. The van der Waals surface area contributed by atoms with Crippen LogP contribution in [0, 0.1) is 0 Å². The average molecular weight is 444 g/mol. The number of urea groups is 1. The molecule has 2 aliphatic heterocycles. The highest BCUT2D eigenvalue weighted by Gasteiger charge is 2.56. The lowest BCUT2D eigenvalue weighted by molar-refractivity contribution is -0.135. The van der Waals surface area contributed by atoms with E-state index in [9.17, 15) is 9.59 Å². The second-order valence-electron chi connectivity index (χ2n) is 9.02. The van der Waals surface area contributed by atoms with Crippen LogP contribution in [0.4, 0.5) is 4.79 Å². The predicted molar refractivity (Wildman–Crippen MR) is 126 cm³/mol. The summed E-state index contributed by atoms with van der Waals surface area (Å²) < 4.78 is 5.53. The first-order chi connectivity index (χ1) is 16.1. The van der Waals surface area contributed by atoms with Crippen molar-refractivity contribution >= 4 is 11.9 Å². The smallest absolute Gasteiger partial charge is 0.327 e. The predicted octanol–water partition coefficient (Wildman–Crippen LogP) is 4.42. The van der Waals surface area contributed by atoms with Gasteiger partial charge in [-0.2, -0.15) is 0 Å². The van der Waals surface area contributed by atoms with E-state index in [1.54, 1.807) is 18.2 Å². The van der Waals surface area contributed by atoms with Gasteiger partial charge in [0.25, 0.3) is 5.91 Å². The zero-order valence-corrected chi connectivity index (χ0v) is 18.9. The summed E-state index contributed by atoms with van der Waals surface area (Å²) in [4.78, 5) is 31.9. The summed E-state index contributed by atoms with van der Waals surface area (Å²) in [5.74, 6) is 0.826. The summed E-state index contributed by atoms with van der Waals surface area (Å²) in [6.45, 7) is 2.80. The Hall–Kier alpha value is -3.38. The average Bonchev–Trinajstić information content (AvgIpc) is 3.44. The van der Waals surface area contributed by atoms with Gasteiger partial charge in [-0.3, -0.25) is 14.6 Å². The van der Waals surface area contributed by atoms with Crippen LogP contribution in [0.5, 0.6) is 0 Å². The molecule has 0 atom stereocenters. The molecule has 33 heavy (non-hydrogen) atoms. The van der Waals surface area contributed by atoms with Crippen molar-refractivity contribution in [3.8, 4) is 11.3 Å². The number of hydrogen-bond acceptors (Lipinski definition) is 4. The first-order valence-corrected chi connectivity index (χ1v) is 11.6. The van der Waals surface area contributed by atoms with Crippen LogP contribution >= 0.6 is 0 Å². The van der Waals surface area contributed by atoms with Gasteiger partial charge in [-0.25, -0.2) is 4.79 Å². The third kappa shape index (κ3) is 4.07. The summed E-state index contributed by atoms with van der Waals surface area (Å²) >= 11 is 0. The molecule has 3 amide bonds. The summed E-state index contributed by atoms with van der Waals surface area (Å²) in [6, 6.07) is 22.1. The SMILES string of the molecule is CN1C(=O)N(CCc2ccccc2)C(=O)C12CCN(Cc1cccc(-c3ccco3)c1)CC2. The van der Waals surface area contributed by atoms with E-state index in [1.165, 1.54) is 10.5 Å². The molecule has 3 aromatic rings. The minimum atomic E-state index is -0.708.